The lowest BCUT2D eigenvalue weighted by atomic mass is 9.80. The molecule has 0 spiro atoms. The van der Waals surface area contributed by atoms with Gasteiger partial charge in [0.15, 0.2) is 17.7 Å². The molecule has 1 aromatic heterocycles. The molecule has 0 aliphatic carbocycles. The summed E-state index contributed by atoms with van der Waals surface area (Å²) in [7, 11) is -8.67. The van der Waals surface area contributed by atoms with Crippen molar-refractivity contribution in [3.63, 3.8) is 0 Å². The standard InChI is InChI=1S/C31H32N2O12S2.CH3ClO2S/c1-21-17-32(29(36)33(27(21)35)20-47(41,42)43)28-30(37,19-46(38,39)40)26(34)25(45-28)18-44-31(22-11-5-2-6-12-22,23-13-7-3-8-14-23)24-15-9-4-10-16-24;1-5(2,3)4/h2-17,25-26,28,34,37H,18-20H2,1H3,(H,38,39,40)(H,41,42,43);1H3/t25-,26-,28-,30-;/m1./s1. The van der Waals surface area contributed by atoms with Crippen molar-refractivity contribution < 1.29 is 54.0 Å². The number of rotatable bonds is 11. The predicted molar refractivity (Wildman–Crippen MR) is 188 cm³/mol. The monoisotopic (exact) mass is 802 g/mol. The molecule has 4 atom stereocenters. The Hall–Kier alpha value is -3.76. The minimum absolute atomic E-state index is 0.142. The molecule has 0 unspecified atom stereocenters. The molecular formula is C32H35ClN2O14S3. The van der Waals surface area contributed by atoms with Crippen LogP contribution in [0.15, 0.2) is 107 Å². The Balaban J connectivity index is 0.00000113. The van der Waals surface area contributed by atoms with E-state index in [0.717, 1.165) is 12.5 Å². The predicted octanol–water partition coefficient (Wildman–Crippen LogP) is 1.23. The minimum atomic E-state index is -5.06. The fourth-order valence-electron chi connectivity index (χ4n) is 5.89. The van der Waals surface area contributed by atoms with Crippen LogP contribution in [-0.4, -0.2) is 90.1 Å². The number of halogens is 1. The molecule has 0 saturated carbocycles. The Bertz CT molecular complexity index is 2220. The van der Waals surface area contributed by atoms with E-state index in [0.29, 0.717) is 21.3 Å². The highest BCUT2D eigenvalue weighted by molar-refractivity contribution is 8.13. The zero-order chi connectivity index (χ0) is 38.7. The van der Waals surface area contributed by atoms with E-state index in [2.05, 4.69) is 10.7 Å². The summed E-state index contributed by atoms with van der Waals surface area (Å²) in [6.45, 7) is 0.670. The topological polar surface area (TPSA) is 246 Å². The van der Waals surface area contributed by atoms with Gasteiger partial charge in [0, 0.05) is 22.4 Å². The Labute approximate surface area is 303 Å². The number of aromatic nitrogens is 2. The lowest BCUT2D eigenvalue weighted by Gasteiger charge is -2.37. The lowest BCUT2D eigenvalue weighted by molar-refractivity contribution is -0.106. The van der Waals surface area contributed by atoms with Gasteiger partial charge in [0.25, 0.3) is 25.8 Å². The molecule has 0 amide bonds. The number of hydrogen-bond acceptors (Lipinski definition) is 12. The first-order valence-electron chi connectivity index (χ1n) is 15.1. The van der Waals surface area contributed by atoms with Crippen LogP contribution >= 0.6 is 10.7 Å². The maximum Gasteiger partial charge on any atom is 0.334 e. The van der Waals surface area contributed by atoms with Gasteiger partial charge in [-0.15, -0.1) is 0 Å². The lowest BCUT2D eigenvalue weighted by Crippen LogP contribution is -2.54. The molecule has 5 rings (SSSR count). The second kappa shape index (κ2) is 15.7. The van der Waals surface area contributed by atoms with Crippen LogP contribution in [0, 0.1) is 6.92 Å². The van der Waals surface area contributed by atoms with Gasteiger partial charge in [0.05, 0.1) is 12.9 Å². The Morgan fingerprint density at radius 2 is 1.25 bits per heavy atom. The second-order valence-electron chi connectivity index (χ2n) is 11.9. The van der Waals surface area contributed by atoms with Crippen molar-refractivity contribution in [3.05, 3.63) is 140 Å². The number of aliphatic hydroxyl groups excluding tert-OH is 1. The van der Waals surface area contributed by atoms with Gasteiger partial charge in [-0.3, -0.25) is 18.5 Å². The van der Waals surface area contributed by atoms with Crippen LogP contribution in [0.3, 0.4) is 0 Å². The number of aryl methyl sites for hydroxylation is 1. The van der Waals surface area contributed by atoms with E-state index in [1.54, 1.807) is 36.4 Å². The summed E-state index contributed by atoms with van der Waals surface area (Å²) in [4.78, 5) is 26.0. The Morgan fingerprint density at radius 3 is 1.63 bits per heavy atom. The quantitative estimate of drug-likeness (QED) is 0.0947. The zero-order valence-corrected chi connectivity index (χ0v) is 30.7. The van der Waals surface area contributed by atoms with Gasteiger partial charge < -0.3 is 19.7 Å². The van der Waals surface area contributed by atoms with Gasteiger partial charge in [0.2, 0.25) is 9.05 Å². The van der Waals surface area contributed by atoms with Crippen molar-refractivity contribution in [2.45, 2.75) is 42.4 Å². The van der Waals surface area contributed by atoms with Crippen molar-refractivity contribution in [2.24, 2.45) is 0 Å². The van der Waals surface area contributed by atoms with E-state index >= 15 is 0 Å². The summed E-state index contributed by atoms with van der Waals surface area (Å²) in [6, 6.07) is 27.2. The summed E-state index contributed by atoms with van der Waals surface area (Å²) < 4.78 is 98.5. The van der Waals surface area contributed by atoms with E-state index in [1.165, 1.54) is 6.92 Å². The third kappa shape index (κ3) is 9.61. The van der Waals surface area contributed by atoms with Gasteiger partial charge >= 0.3 is 5.69 Å². The molecule has 1 aliphatic heterocycles. The summed E-state index contributed by atoms with van der Waals surface area (Å²) in [6.07, 6.45) is -3.97. The van der Waals surface area contributed by atoms with E-state index in [4.69, 9.17) is 9.47 Å². The van der Waals surface area contributed by atoms with Gasteiger partial charge in [-0.1, -0.05) is 91.0 Å². The van der Waals surface area contributed by atoms with Crippen LogP contribution in [0.25, 0.3) is 0 Å². The smallest absolute Gasteiger partial charge is 0.334 e. The largest absolute Gasteiger partial charge is 0.387 e. The first-order valence-corrected chi connectivity index (χ1v) is 21.0. The summed E-state index contributed by atoms with van der Waals surface area (Å²) in [5, 5.41) is 23.1. The van der Waals surface area contributed by atoms with Gasteiger partial charge in [0.1, 0.15) is 23.6 Å². The average molecular weight is 803 g/mol. The molecular weight excluding hydrogens is 768 g/mol. The molecule has 1 fully saturated rings. The van der Waals surface area contributed by atoms with E-state index in [-0.39, 0.29) is 10.1 Å². The molecule has 3 aromatic carbocycles. The molecule has 20 heteroatoms. The molecule has 4 N–H and O–H groups in total. The first kappa shape index (κ1) is 41.0. The van der Waals surface area contributed by atoms with Gasteiger partial charge in [-0.2, -0.15) is 16.8 Å². The van der Waals surface area contributed by atoms with E-state index in [9.17, 15) is 54.2 Å². The third-order valence-corrected chi connectivity index (χ3v) is 9.34. The van der Waals surface area contributed by atoms with Crippen LogP contribution < -0.4 is 11.2 Å². The summed E-state index contributed by atoms with van der Waals surface area (Å²) >= 11 is 0. The average Bonchev–Trinajstić information content (AvgIpc) is 3.29. The molecule has 0 bridgehead atoms. The van der Waals surface area contributed by atoms with Crippen LogP contribution in [-0.2, 0) is 50.2 Å². The SMILES string of the molecule is CS(=O)(=O)Cl.Cc1cn([C@@H]2O[C@H](COC(c3ccccc3)(c3ccccc3)c3ccccc3)[C@@H](O)[C@]2(O)CS(=O)(=O)O)c(=O)n(CS(=O)(=O)O)c1=O. The number of benzene rings is 3. The Kier molecular flexibility index (Phi) is 12.4. The molecule has 1 aliphatic rings. The molecule has 16 nitrogen and oxygen atoms in total. The molecule has 4 aromatic rings. The van der Waals surface area contributed by atoms with Crippen LogP contribution in [0.5, 0.6) is 0 Å². The Morgan fingerprint density at radius 1 is 0.827 bits per heavy atom. The van der Waals surface area contributed by atoms with Crippen molar-refractivity contribution >= 4 is 40.0 Å². The van der Waals surface area contributed by atoms with E-state index < -0.39 is 88.4 Å². The van der Waals surface area contributed by atoms with Crippen molar-refractivity contribution in [3.8, 4) is 0 Å². The third-order valence-electron chi connectivity index (χ3n) is 7.93. The summed E-state index contributed by atoms with van der Waals surface area (Å²) in [5.74, 6) is -2.98. The maximum atomic E-state index is 13.4. The fourth-order valence-corrected chi connectivity index (χ4v) is 7.34. The molecule has 282 valence electrons. The van der Waals surface area contributed by atoms with Crippen LogP contribution in [0.2, 0.25) is 0 Å². The number of hydrogen-bond donors (Lipinski definition) is 4. The zero-order valence-electron chi connectivity index (χ0n) is 27.5. The highest BCUT2D eigenvalue weighted by atomic mass is 35.7. The highest BCUT2D eigenvalue weighted by Gasteiger charge is 2.59. The van der Waals surface area contributed by atoms with Crippen molar-refractivity contribution in [2.75, 3.05) is 18.6 Å². The fraction of sp³-hybridized carbons (Fsp3) is 0.312. The number of nitrogens with zero attached hydrogens (tertiary/aromatic N) is 2. The molecule has 2 heterocycles. The van der Waals surface area contributed by atoms with Crippen molar-refractivity contribution in [1.82, 2.24) is 9.13 Å². The molecule has 52 heavy (non-hydrogen) atoms. The van der Waals surface area contributed by atoms with Crippen LogP contribution in [0.1, 0.15) is 28.5 Å². The van der Waals surface area contributed by atoms with Gasteiger partial charge in [-0.05, 0) is 23.6 Å². The maximum absolute atomic E-state index is 13.4. The number of aliphatic hydroxyl groups is 2. The van der Waals surface area contributed by atoms with Crippen LogP contribution in [0.4, 0.5) is 0 Å². The minimum Gasteiger partial charge on any atom is -0.387 e. The highest BCUT2D eigenvalue weighted by Crippen LogP contribution is 2.43. The van der Waals surface area contributed by atoms with E-state index in [1.807, 2.05) is 54.6 Å². The number of ether oxygens (including phenoxy) is 2. The molecule has 1 saturated heterocycles. The summed E-state index contributed by atoms with van der Waals surface area (Å²) in [5.41, 5.74) is -5.04. The molecule has 0 radical (unpaired) electrons. The normalized spacial score (nSPS) is 20.9. The van der Waals surface area contributed by atoms with Gasteiger partial charge in [-0.25, -0.2) is 17.8 Å². The first-order chi connectivity index (χ1) is 24.1. The second-order valence-corrected chi connectivity index (χ2v) is 17.8. The van der Waals surface area contributed by atoms with Crippen molar-refractivity contribution in [1.29, 1.82) is 0 Å².